The van der Waals surface area contributed by atoms with Crippen molar-refractivity contribution in [3.63, 3.8) is 0 Å². The molecule has 0 aromatic heterocycles. The third-order valence-corrected chi connectivity index (χ3v) is 6.28. The number of benzene rings is 3. The average molecular weight is 542 g/mol. The maximum absolute atomic E-state index is 13.3. The first-order chi connectivity index (χ1) is 17.7. The van der Waals surface area contributed by atoms with Crippen LogP contribution in [-0.2, 0) is 14.3 Å². The second-order valence-electron chi connectivity index (χ2n) is 8.00. The topological polar surface area (TPSA) is 113 Å². The first kappa shape index (κ1) is 26.1. The summed E-state index contributed by atoms with van der Waals surface area (Å²) in [7, 11) is 1.34. The quantitative estimate of drug-likeness (QED) is 0.183. The van der Waals surface area contributed by atoms with Crippen LogP contribution >= 0.6 is 23.2 Å². The second kappa shape index (κ2) is 10.5. The minimum Gasteiger partial charge on any atom is -0.508 e. The number of phenols is 1. The normalized spacial score (nSPS) is 16.6. The van der Waals surface area contributed by atoms with Crippen LogP contribution in [0, 0.1) is 0 Å². The summed E-state index contributed by atoms with van der Waals surface area (Å²) in [6, 6.07) is 13.5. The maximum atomic E-state index is 13.3. The lowest BCUT2D eigenvalue weighted by molar-refractivity contribution is -0.132. The Balaban J connectivity index is 1.92. The number of ketones is 1. The number of aliphatic hydroxyl groups is 1. The Labute approximate surface area is 222 Å². The number of aliphatic hydroxyl groups excluding tert-OH is 1. The van der Waals surface area contributed by atoms with Crippen LogP contribution in [-0.4, -0.2) is 41.6 Å². The lowest BCUT2D eigenvalue weighted by Crippen LogP contribution is -2.29. The SMILES string of the molecule is CCOC(=O)c1ccc(N2C(=O)C(=O)/C(=C(/O)c3cc(Cl)cc(Cl)c3OC)C2c2ccc(O)cc2)cc1. The Morgan fingerprint density at radius 2 is 1.68 bits per heavy atom. The first-order valence-corrected chi connectivity index (χ1v) is 11.8. The number of halogens is 2. The maximum Gasteiger partial charge on any atom is 0.338 e. The van der Waals surface area contributed by atoms with Crippen molar-refractivity contribution < 1.29 is 34.1 Å². The van der Waals surface area contributed by atoms with E-state index in [1.165, 1.54) is 72.7 Å². The molecule has 1 saturated heterocycles. The van der Waals surface area contributed by atoms with Gasteiger partial charge < -0.3 is 19.7 Å². The summed E-state index contributed by atoms with van der Waals surface area (Å²) in [5.74, 6) is -2.89. The molecule has 4 rings (SSSR count). The number of methoxy groups -OCH3 is 1. The number of ether oxygens (including phenoxy) is 2. The standard InChI is InChI=1S/C27H21Cl2NO7/c1-3-37-27(35)15-4-8-17(9-5-15)30-22(14-6-10-18(31)11-7-14)21(24(33)26(30)34)23(32)19-12-16(28)13-20(29)25(19)36-2/h4-13,22,31-32H,3H2,1-2H3/b23-21+. The Morgan fingerprint density at radius 3 is 2.27 bits per heavy atom. The van der Waals surface area contributed by atoms with Crippen molar-refractivity contribution >= 4 is 52.3 Å². The van der Waals surface area contributed by atoms with Gasteiger partial charge in [-0.05, 0) is 61.0 Å². The summed E-state index contributed by atoms with van der Waals surface area (Å²) in [5.41, 5.74) is 0.784. The fourth-order valence-corrected chi connectivity index (χ4v) is 4.70. The molecule has 8 nitrogen and oxygen atoms in total. The number of hydrogen-bond acceptors (Lipinski definition) is 7. The van der Waals surface area contributed by atoms with Gasteiger partial charge in [0.1, 0.15) is 17.3 Å². The molecule has 1 amide bonds. The number of aromatic hydroxyl groups is 1. The van der Waals surface area contributed by atoms with E-state index in [0.29, 0.717) is 11.3 Å². The van der Waals surface area contributed by atoms with Gasteiger partial charge in [0, 0.05) is 10.7 Å². The largest absolute Gasteiger partial charge is 0.508 e. The molecule has 3 aromatic carbocycles. The van der Waals surface area contributed by atoms with Crippen molar-refractivity contribution in [1.82, 2.24) is 0 Å². The molecule has 0 radical (unpaired) electrons. The molecular formula is C27H21Cl2NO7. The molecule has 1 fully saturated rings. The molecular weight excluding hydrogens is 521 g/mol. The highest BCUT2D eigenvalue weighted by Crippen LogP contribution is 2.45. The molecule has 0 aliphatic carbocycles. The van der Waals surface area contributed by atoms with Crippen molar-refractivity contribution in [2.24, 2.45) is 0 Å². The van der Waals surface area contributed by atoms with E-state index >= 15 is 0 Å². The van der Waals surface area contributed by atoms with Crippen LogP contribution in [0.5, 0.6) is 11.5 Å². The summed E-state index contributed by atoms with van der Waals surface area (Å²) in [5, 5.41) is 21.4. The van der Waals surface area contributed by atoms with Crippen LogP contribution in [0.4, 0.5) is 5.69 Å². The molecule has 1 unspecified atom stereocenters. The minimum absolute atomic E-state index is 0.0252. The van der Waals surface area contributed by atoms with E-state index in [1.54, 1.807) is 6.92 Å². The predicted octanol–water partition coefficient (Wildman–Crippen LogP) is 5.51. The number of nitrogens with zero attached hydrogens (tertiary/aromatic N) is 1. The van der Waals surface area contributed by atoms with Crippen LogP contribution in [0.25, 0.3) is 5.76 Å². The number of anilines is 1. The zero-order valence-electron chi connectivity index (χ0n) is 19.7. The van der Waals surface area contributed by atoms with Crippen molar-refractivity contribution in [1.29, 1.82) is 0 Å². The van der Waals surface area contributed by atoms with E-state index in [1.807, 2.05) is 0 Å². The zero-order chi connectivity index (χ0) is 26.9. The molecule has 2 N–H and O–H groups in total. The molecule has 3 aromatic rings. The fraction of sp³-hybridized carbons (Fsp3) is 0.148. The molecule has 190 valence electrons. The van der Waals surface area contributed by atoms with Gasteiger partial charge in [0.05, 0.1) is 41.5 Å². The molecule has 1 aliphatic heterocycles. The van der Waals surface area contributed by atoms with Gasteiger partial charge in [-0.25, -0.2) is 4.79 Å². The van der Waals surface area contributed by atoms with Crippen LogP contribution in [0.1, 0.15) is 34.5 Å². The highest BCUT2D eigenvalue weighted by molar-refractivity contribution is 6.52. The van der Waals surface area contributed by atoms with Crippen LogP contribution in [0.3, 0.4) is 0 Å². The van der Waals surface area contributed by atoms with Gasteiger partial charge in [0.2, 0.25) is 0 Å². The molecule has 1 atom stereocenters. The Hall–Kier alpha value is -4.01. The number of esters is 1. The first-order valence-electron chi connectivity index (χ1n) is 11.1. The number of hydrogen-bond donors (Lipinski definition) is 2. The van der Waals surface area contributed by atoms with Gasteiger partial charge in [-0.1, -0.05) is 35.3 Å². The van der Waals surface area contributed by atoms with Crippen LogP contribution < -0.4 is 9.64 Å². The van der Waals surface area contributed by atoms with Gasteiger partial charge in [0.15, 0.2) is 0 Å². The molecule has 1 aliphatic rings. The average Bonchev–Trinajstić information content (AvgIpc) is 3.14. The molecule has 1 heterocycles. The number of carbonyl (C=O) groups is 3. The van der Waals surface area contributed by atoms with Crippen molar-refractivity contribution in [3.05, 3.63) is 93.0 Å². The summed E-state index contributed by atoms with van der Waals surface area (Å²) in [6.07, 6.45) is 0. The molecule has 0 saturated carbocycles. The van der Waals surface area contributed by atoms with Gasteiger partial charge >= 0.3 is 5.97 Å². The Kier molecular flexibility index (Phi) is 7.42. The van der Waals surface area contributed by atoms with Gasteiger partial charge in [-0.15, -0.1) is 0 Å². The second-order valence-corrected chi connectivity index (χ2v) is 8.84. The molecule has 10 heteroatoms. The predicted molar refractivity (Wildman–Crippen MR) is 138 cm³/mol. The van der Waals surface area contributed by atoms with Gasteiger partial charge in [-0.2, -0.15) is 0 Å². The number of Topliss-reactive ketones (excluding diaryl/α,β-unsaturated/α-hetero) is 1. The van der Waals surface area contributed by atoms with Crippen LogP contribution in [0.2, 0.25) is 10.0 Å². The van der Waals surface area contributed by atoms with E-state index in [0.717, 1.165) is 0 Å². The van der Waals surface area contributed by atoms with Gasteiger partial charge in [0.25, 0.3) is 11.7 Å². The zero-order valence-corrected chi connectivity index (χ0v) is 21.2. The third-order valence-electron chi connectivity index (χ3n) is 5.78. The van der Waals surface area contributed by atoms with E-state index in [9.17, 15) is 24.6 Å². The van der Waals surface area contributed by atoms with Crippen molar-refractivity contribution in [3.8, 4) is 11.5 Å². The van der Waals surface area contributed by atoms with E-state index < -0.39 is 29.5 Å². The summed E-state index contributed by atoms with van der Waals surface area (Å²) >= 11 is 12.4. The van der Waals surface area contributed by atoms with Crippen molar-refractivity contribution in [2.45, 2.75) is 13.0 Å². The molecule has 0 bridgehead atoms. The highest BCUT2D eigenvalue weighted by atomic mass is 35.5. The van der Waals surface area contributed by atoms with Crippen molar-refractivity contribution in [2.75, 3.05) is 18.6 Å². The minimum atomic E-state index is -1.09. The van der Waals surface area contributed by atoms with E-state index in [4.69, 9.17) is 32.7 Å². The summed E-state index contributed by atoms with van der Waals surface area (Å²) in [6.45, 7) is 1.89. The number of phenolic OH excluding ortho intramolecular Hbond substituents is 1. The monoisotopic (exact) mass is 541 g/mol. The van der Waals surface area contributed by atoms with E-state index in [2.05, 4.69) is 0 Å². The Bertz CT molecular complexity index is 1420. The highest BCUT2D eigenvalue weighted by Gasteiger charge is 2.47. The van der Waals surface area contributed by atoms with E-state index in [-0.39, 0.29) is 44.9 Å². The Morgan fingerprint density at radius 1 is 1.03 bits per heavy atom. The third kappa shape index (κ3) is 4.85. The lowest BCUT2D eigenvalue weighted by atomic mass is 9.94. The lowest BCUT2D eigenvalue weighted by Gasteiger charge is -2.26. The molecule has 0 spiro atoms. The number of amides is 1. The smallest absolute Gasteiger partial charge is 0.338 e. The molecule has 37 heavy (non-hydrogen) atoms. The number of rotatable bonds is 6. The van der Waals surface area contributed by atoms with Gasteiger partial charge in [-0.3, -0.25) is 14.5 Å². The summed E-state index contributed by atoms with van der Waals surface area (Å²) in [4.78, 5) is 39.9. The number of carbonyl (C=O) groups excluding carboxylic acids is 3. The van der Waals surface area contributed by atoms with Crippen LogP contribution in [0.15, 0.2) is 66.2 Å². The fourth-order valence-electron chi connectivity index (χ4n) is 4.13. The summed E-state index contributed by atoms with van der Waals surface area (Å²) < 4.78 is 10.3.